The van der Waals surface area contributed by atoms with Crippen LogP contribution in [-0.4, -0.2) is 34.8 Å². The van der Waals surface area contributed by atoms with Crippen LogP contribution >= 0.6 is 0 Å². The molecule has 1 atom stereocenters. The molecule has 262 valence electrons. The number of aromatic nitrogens is 2. The predicted molar refractivity (Wildman–Crippen MR) is 186 cm³/mol. The molecule has 10 heteroatoms. The summed E-state index contributed by atoms with van der Waals surface area (Å²) in [5.41, 5.74) is 4.17. The van der Waals surface area contributed by atoms with E-state index in [2.05, 4.69) is 0 Å². The van der Waals surface area contributed by atoms with Gasteiger partial charge in [0.2, 0.25) is 5.88 Å². The smallest absolute Gasteiger partial charge is 0.416 e. The molecule has 6 rings (SSSR count). The largest absolute Gasteiger partial charge is 0.493 e. The molecule has 0 aliphatic carbocycles. The fraction of sp³-hybridized carbons (Fsp3) is 0.375. The maximum absolute atomic E-state index is 13.3. The topological polar surface area (TPSA) is 79.8 Å². The summed E-state index contributed by atoms with van der Waals surface area (Å²) >= 11 is 0. The van der Waals surface area contributed by atoms with Crippen molar-refractivity contribution < 1.29 is 36.9 Å². The fourth-order valence-corrected chi connectivity index (χ4v) is 6.26. The number of halogens is 3. The lowest BCUT2D eigenvalue weighted by atomic mass is 9.86. The molecule has 7 nitrogen and oxygen atoms in total. The molecule has 0 amide bonds. The van der Waals surface area contributed by atoms with Gasteiger partial charge in [0.15, 0.2) is 0 Å². The van der Waals surface area contributed by atoms with Gasteiger partial charge in [0, 0.05) is 35.0 Å². The molecule has 0 unspecified atom stereocenters. The monoisotopic (exact) mass is 686 g/mol. The number of rotatable bonds is 8. The second-order valence-corrected chi connectivity index (χ2v) is 14.7. The van der Waals surface area contributed by atoms with E-state index in [1.807, 2.05) is 78.8 Å². The van der Waals surface area contributed by atoms with Gasteiger partial charge in [-0.25, -0.2) is 4.98 Å². The van der Waals surface area contributed by atoms with Crippen LogP contribution in [0.4, 0.5) is 13.2 Å². The van der Waals surface area contributed by atoms with E-state index in [-0.39, 0.29) is 25.1 Å². The number of pyridine rings is 2. The highest BCUT2D eigenvalue weighted by Crippen LogP contribution is 2.45. The van der Waals surface area contributed by atoms with Gasteiger partial charge in [0.05, 0.1) is 34.2 Å². The summed E-state index contributed by atoms with van der Waals surface area (Å²) in [7, 11) is 0. The second kappa shape index (κ2) is 13.2. The third-order valence-electron chi connectivity index (χ3n) is 8.49. The zero-order chi connectivity index (χ0) is 36.0. The van der Waals surface area contributed by atoms with Crippen molar-refractivity contribution >= 4 is 27.8 Å². The Morgan fingerprint density at radius 2 is 1.76 bits per heavy atom. The van der Waals surface area contributed by atoms with E-state index in [9.17, 15) is 18.0 Å². The normalized spacial score (nSPS) is 14.0. The Kier molecular flexibility index (Phi) is 9.28. The number of alkyl halides is 3. The highest BCUT2D eigenvalue weighted by atomic mass is 19.4. The number of benzene rings is 3. The standard InChI is InChI=1S/C40H41F3N2O5/c1-23-19-29-27(12-14-32(45-29)48-21-24-9-8-10-26(20-24)40(41,42)43)35(28-11-13-30-34-25(16-18-47-30)15-17-44-36(28)34)33(23)31(50-39(5,6)7)22-49-37(46)38(2,3)4/h8-15,17,19-20,31H,16,18,21-22H2,1-7H3/t31-/m1/s1. The predicted octanol–water partition coefficient (Wildman–Crippen LogP) is 9.74. The Bertz CT molecular complexity index is 2070. The Hall–Kier alpha value is -4.70. The summed E-state index contributed by atoms with van der Waals surface area (Å²) in [6, 6.07) is 16.5. The molecule has 0 saturated carbocycles. The molecule has 0 saturated heterocycles. The van der Waals surface area contributed by atoms with Crippen LogP contribution in [0.2, 0.25) is 0 Å². The molecular formula is C40H41F3N2O5. The lowest BCUT2D eigenvalue weighted by Gasteiger charge is -2.31. The molecule has 3 heterocycles. The van der Waals surface area contributed by atoms with E-state index < -0.39 is 28.9 Å². The van der Waals surface area contributed by atoms with Crippen molar-refractivity contribution in [2.24, 2.45) is 5.41 Å². The average Bonchev–Trinajstić information content (AvgIpc) is 3.04. The lowest BCUT2D eigenvalue weighted by molar-refractivity contribution is -0.162. The van der Waals surface area contributed by atoms with E-state index in [0.717, 1.165) is 68.4 Å². The molecule has 5 aromatic rings. The van der Waals surface area contributed by atoms with E-state index in [1.54, 1.807) is 18.3 Å². The molecule has 1 aliphatic rings. The second-order valence-electron chi connectivity index (χ2n) is 14.7. The Balaban J connectivity index is 1.51. The summed E-state index contributed by atoms with van der Waals surface area (Å²) in [6.45, 7) is 13.7. The molecule has 0 radical (unpaired) electrons. The SMILES string of the molecule is Cc1cc2nc(OCc3cccc(C(F)(F)F)c3)ccc2c(-c2ccc3c4c(ccnc24)CCO3)c1[C@@H](COC(=O)C(C)(C)C)OC(C)(C)C. The van der Waals surface area contributed by atoms with Gasteiger partial charge in [-0.05, 0) is 119 Å². The number of hydrogen-bond donors (Lipinski definition) is 0. The van der Waals surface area contributed by atoms with Crippen LogP contribution in [0.15, 0.2) is 66.9 Å². The molecule has 1 aliphatic heterocycles. The number of esters is 1. The van der Waals surface area contributed by atoms with Crippen LogP contribution in [0.5, 0.6) is 11.6 Å². The lowest BCUT2D eigenvalue weighted by Crippen LogP contribution is -2.30. The number of hydrogen-bond acceptors (Lipinski definition) is 7. The molecule has 2 aromatic heterocycles. The first kappa shape index (κ1) is 35.1. The highest BCUT2D eigenvalue weighted by molar-refractivity contribution is 6.07. The zero-order valence-electron chi connectivity index (χ0n) is 29.3. The Morgan fingerprint density at radius 1 is 0.980 bits per heavy atom. The van der Waals surface area contributed by atoms with E-state index in [1.165, 1.54) is 6.07 Å². The fourth-order valence-electron chi connectivity index (χ4n) is 6.26. The van der Waals surface area contributed by atoms with Gasteiger partial charge < -0.3 is 18.9 Å². The van der Waals surface area contributed by atoms with Crippen molar-refractivity contribution in [2.45, 2.75) is 79.4 Å². The van der Waals surface area contributed by atoms with Gasteiger partial charge in [-0.15, -0.1) is 0 Å². The number of ether oxygens (including phenoxy) is 4. The molecular weight excluding hydrogens is 645 g/mol. The van der Waals surface area contributed by atoms with Crippen molar-refractivity contribution in [3.63, 3.8) is 0 Å². The van der Waals surface area contributed by atoms with Crippen molar-refractivity contribution in [1.29, 1.82) is 0 Å². The van der Waals surface area contributed by atoms with Crippen molar-refractivity contribution in [3.05, 3.63) is 94.7 Å². The Morgan fingerprint density at radius 3 is 2.48 bits per heavy atom. The molecule has 0 fully saturated rings. The molecule has 3 aromatic carbocycles. The minimum Gasteiger partial charge on any atom is -0.493 e. The number of nitrogens with zero attached hydrogens (tertiary/aromatic N) is 2. The first-order valence-electron chi connectivity index (χ1n) is 16.6. The van der Waals surface area contributed by atoms with Gasteiger partial charge in [-0.2, -0.15) is 13.2 Å². The van der Waals surface area contributed by atoms with Gasteiger partial charge in [0.1, 0.15) is 25.1 Å². The summed E-state index contributed by atoms with van der Waals surface area (Å²) in [5.74, 6) is 0.685. The van der Waals surface area contributed by atoms with E-state index in [0.29, 0.717) is 17.7 Å². The maximum Gasteiger partial charge on any atom is 0.416 e. The van der Waals surface area contributed by atoms with E-state index in [4.69, 9.17) is 28.9 Å². The molecule has 0 N–H and O–H groups in total. The van der Waals surface area contributed by atoms with Gasteiger partial charge >= 0.3 is 12.1 Å². The number of carbonyl (C=O) groups is 1. The number of carbonyl (C=O) groups excluding carboxylic acids is 1. The van der Waals surface area contributed by atoms with Crippen LogP contribution in [0.25, 0.3) is 32.9 Å². The quantitative estimate of drug-likeness (QED) is 0.150. The summed E-state index contributed by atoms with van der Waals surface area (Å²) in [4.78, 5) is 22.7. The van der Waals surface area contributed by atoms with Crippen LogP contribution in [0.1, 0.15) is 75.5 Å². The third kappa shape index (κ3) is 7.40. The average molecular weight is 687 g/mol. The van der Waals surface area contributed by atoms with Crippen molar-refractivity contribution in [3.8, 4) is 22.8 Å². The van der Waals surface area contributed by atoms with Gasteiger partial charge in [-0.1, -0.05) is 12.1 Å². The Labute approximate surface area is 289 Å². The summed E-state index contributed by atoms with van der Waals surface area (Å²) < 4.78 is 64.4. The van der Waals surface area contributed by atoms with Crippen LogP contribution in [0.3, 0.4) is 0 Å². The van der Waals surface area contributed by atoms with Gasteiger partial charge in [-0.3, -0.25) is 9.78 Å². The molecule has 0 spiro atoms. The molecule has 50 heavy (non-hydrogen) atoms. The highest BCUT2D eigenvalue weighted by Gasteiger charge is 2.32. The maximum atomic E-state index is 13.3. The first-order valence-corrected chi connectivity index (χ1v) is 16.6. The summed E-state index contributed by atoms with van der Waals surface area (Å²) in [5, 5.41) is 1.72. The van der Waals surface area contributed by atoms with Crippen molar-refractivity contribution in [1.82, 2.24) is 9.97 Å². The minimum absolute atomic E-state index is 0.0177. The van der Waals surface area contributed by atoms with Crippen LogP contribution < -0.4 is 9.47 Å². The van der Waals surface area contributed by atoms with Crippen LogP contribution in [0, 0.1) is 12.3 Å². The zero-order valence-corrected chi connectivity index (χ0v) is 29.3. The number of aryl methyl sites for hydroxylation is 1. The van der Waals surface area contributed by atoms with E-state index >= 15 is 0 Å². The minimum atomic E-state index is -4.45. The molecule has 0 bridgehead atoms. The van der Waals surface area contributed by atoms with Crippen LogP contribution in [-0.2, 0) is 33.5 Å². The summed E-state index contributed by atoms with van der Waals surface area (Å²) in [6.07, 6.45) is -2.55. The van der Waals surface area contributed by atoms with Crippen molar-refractivity contribution in [2.75, 3.05) is 13.2 Å². The number of fused-ring (bicyclic) bond motifs is 1. The third-order valence-corrected chi connectivity index (χ3v) is 8.49. The van der Waals surface area contributed by atoms with Gasteiger partial charge in [0.25, 0.3) is 0 Å². The first-order chi connectivity index (χ1) is 23.5.